The van der Waals surface area contributed by atoms with Gasteiger partial charge >= 0.3 is 0 Å². The highest BCUT2D eigenvalue weighted by Crippen LogP contribution is 2.67. The van der Waals surface area contributed by atoms with Crippen LogP contribution in [0.3, 0.4) is 0 Å². The van der Waals surface area contributed by atoms with E-state index in [9.17, 15) is 4.79 Å². The van der Waals surface area contributed by atoms with E-state index in [2.05, 4.69) is 27.7 Å². The van der Waals surface area contributed by atoms with Gasteiger partial charge in [0.1, 0.15) is 5.78 Å². The number of ketones is 1. The van der Waals surface area contributed by atoms with Crippen LogP contribution in [0.2, 0.25) is 0 Å². The monoisotopic (exact) mass is 220 g/mol. The van der Waals surface area contributed by atoms with Crippen molar-refractivity contribution in [2.75, 3.05) is 0 Å². The molecule has 0 radical (unpaired) electrons. The molecule has 0 aromatic rings. The van der Waals surface area contributed by atoms with E-state index >= 15 is 0 Å². The van der Waals surface area contributed by atoms with Crippen LogP contribution >= 0.6 is 0 Å². The molecule has 3 aliphatic rings. The molecule has 4 unspecified atom stereocenters. The zero-order chi connectivity index (χ0) is 11.7. The Labute approximate surface area is 99.0 Å². The van der Waals surface area contributed by atoms with E-state index in [1.165, 1.54) is 12.8 Å². The van der Waals surface area contributed by atoms with Crippen LogP contribution < -0.4 is 0 Å². The Morgan fingerprint density at radius 3 is 2.50 bits per heavy atom. The molecule has 0 saturated heterocycles. The second-order valence-electron chi connectivity index (χ2n) is 7.80. The van der Waals surface area contributed by atoms with Crippen LogP contribution in [0.1, 0.15) is 53.4 Å². The number of hydrogen-bond acceptors (Lipinski definition) is 1. The van der Waals surface area contributed by atoms with Gasteiger partial charge in [-0.15, -0.1) is 0 Å². The lowest BCUT2D eigenvalue weighted by atomic mass is 9.54. The molecule has 0 spiro atoms. The Kier molecular flexibility index (Phi) is 1.97. The summed E-state index contributed by atoms with van der Waals surface area (Å²) in [7, 11) is 0. The Hall–Kier alpha value is -0.330. The first kappa shape index (κ1) is 10.8. The zero-order valence-corrected chi connectivity index (χ0v) is 11.0. The predicted octanol–water partition coefficient (Wildman–Crippen LogP) is 3.67. The molecule has 3 aliphatic carbocycles. The molecule has 2 bridgehead atoms. The standard InChI is InChI=1S/C15H24O/c1-14(2)6-5-11(16)12-10-7-9(13(12)14)8-15(10,3)4/h9-10,12-13H,5-8H2,1-4H3. The molecule has 3 fully saturated rings. The van der Waals surface area contributed by atoms with Crippen molar-refractivity contribution in [1.29, 1.82) is 0 Å². The molecule has 3 rings (SSSR count). The first-order valence-corrected chi connectivity index (χ1v) is 6.86. The predicted molar refractivity (Wildman–Crippen MR) is 65.0 cm³/mol. The van der Waals surface area contributed by atoms with Gasteiger partial charge in [0.2, 0.25) is 0 Å². The molecule has 0 amide bonds. The minimum Gasteiger partial charge on any atom is -0.299 e. The summed E-state index contributed by atoms with van der Waals surface area (Å²) >= 11 is 0. The van der Waals surface area contributed by atoms with E-state index < -0.39 is 0 Å². The van der Waals surface area contributed by atoms with Crippen LogP contribution in [-0.2, 0) is 4.79 Å². The van der Waals surface area contributed by atoms with Crippen molar-refractivity contribution < 1.29 is 4.79 Å². The highest BCUT2D eigenvalue weighted by Gasteiger charge is 2.62. The molecule has 1 heteroatoms. The molecule has 0 aromatic carbocycles. The quantitative estimate of drug-likeness (QED) is 0.608. The molecular formula is C15H24O. The largest absolute Gasteiger partial charge is 0.299 e. The molecule has 4 atom stereocenters. The lowest BCUT2D eigenvalue weighted by molar-refractivity contribution is -0.137. The molecule has 3 saturated carbocycles. The summed E-state index contributed by atoms with van der Waals surface area (Å²) in [6, 6.07) is 0. The Morgan fingerprint density at radius 1 is 1.12 bits per heavy atom. The number of carbonyl (C=O) groups excluding carboxylic acids is 1. The van der Waals surface area contributed by atoms with Crippen LogP contribution in [0.5, 0.6) is 0 Å². The van der Waals surface area contributed by atoms with Gasteiger partial charge in [-0.05, 0) is 47.8 Å². The minimum absolute atomic E-state index is 0.411. The summed E-state index contributed by atoms with van der Waals surface area (Å²) in [5.41, 5.74) is 0.837. The number of hydrogen-bond donors (Lipinski definition) is 0. The lowest BCUT2D eigenvalue weighted by Gasteiger charge is -2.49. The van der Waals surface area contributed by atoms with Gasteiger partial charge in [-0.1, -0.05) is 27.7 Å². The second kappa shape index (κ2) is 2.91. The van der Waals surface area contributed by atoms with E-state index in [0.29, 0.717) is 34.4 Å². The molecule has 0 N–H and O–H groups in total. The fraction of sp³-hybridized carbons (Fsp3) is 0.933. The van der Waals surface area contributed by atoms with Gasteiger partial charge < -0.3 is 0 Å². The van der Waals surface area contributed by atoms with E-state index in [1.54, 1.807) is 0 Å². The minimum atomic E-state index is 0.411. The SMILES string of the molecule is CC1(C)CC2CC1C1C(=O)CCC(C)(C)C21. The second-order valence-corrected chi connectivity index (χ2v) is 7.80. The average molecular weight is 220 g/mol. The topological polar surface area (TPSA) is 17.1 Å². The number of carbonyl (C=O) groups is 1. The van der Waals surface area contributed by atoms with E-state index in [4.69, 9.17) is 0 Å². The third-order valence-electron chi connectivity index (χ3n) is 5.97. The van der Waals surface area contributed by atoms with Crippen molar-refractivity contribution in [2.24, 2.45) is 34.5 Å². The summed E-state index contributed by atoms with van der Waals surface area (Å²) in [6.07, 6.45) is 4.65. The summed E-state index contributed by atoms with van der Waals surface area (Å²) in [5, 5.41) is 0. The molecule has 16 heavy (non-hydrogen) atoms. The Balaban J connectivity index is 2.00. The number of fused-ring (bicyclic) bond motifs is 5. The van der Waals surface area contributed by atoms with Crippen molar-refractivity contribution in [2.45, 2.75) is 53.4 Å². The van der Waals surface area contributed by atoms with E-state index in [0.717, 1.165) is 18.8 Å². The van der Waals surface area contributed by atoms with Gasteiger partial charge in [-0.25, -0.2) is 0 Å². The maximum absolute atomic E-state index is 12.2. The van der Waals surface area contributed by atoms with Gasteiger partial charge in [0.25, 0.3) is 0 Å². The summed E-state index contributed by atoms with van der Waals surface area (Å²) in [5.74, 6) is 3.23. The molecule has 0 aromatic heterocycles. The third kappa shape index (κ3) is 1.21. The Morgan fingerprint density at radius 2 is 1.81 bits per heavy atom. The fourth-order valence-electron chi connectivity index (χ4n) is 5.33. The van der Waals surface area contributed by atoms with E-state index in [-0.39, 0.29) is 0 Å². The lowest BCUT2D eigenvalue weighted by Crippen LogP contribution is -2.47. The molecule has 0 heterocycles. The number of rotatable bonds is 0. The van der Waals surface area contributed by atoms with Crippen LogP contribution in [0.25, 0.3) is 0 Å². The fourth-order valence-corrected chi connectivity index (χ4v) is 5.33. The van der Waals surface area contributed by atoms with Crippen molar-refractivity contribution in [3.63, 3.8) is 0 Å². The molecule has 1 nitrogen and oxygen atoms in total. The van der Waals surface area contributed by atoms with Crippen molar-refractivity contribution in [3.05, 3.63) is 0 Å². The Bertz CT molecular complexity index is 339. The third-order valence-corrected chi connectivity index (χ3v) is 5.97. The highest BCUT2D eigenvalue weighted by atomic mass is 16.1. The zero-order valence-electron chi connectivity index (χ0n) is 11.0. The maximum atomic E-state index is 12.2. The summed E-state index contributed by atoms with van der Waals surface area (Å²) in [6.45, 7) is 9.54. The van der Waals surface area contributed by atoms with Gasteiger partial charge in [0.15, 0.2) is 0 Å². The molecule has 0 aliphatic heterocycles. The normalized spacial score (nSPS) is 48.1. The van der Waals surface area contributed by atoms with Gasteiger partial charge in [-0.3, -0.25) is 4.79 Å². The number of Topliss-reactive ketones (excluding diaryl/α,β-unsaturated/α-hetero) is 1. The average Bonchev–Trinajstić information content (AvgIpc) is 2.65. The van der Waals surface area contributed by atoms with Crippen LogP contribution in [0.15, 0.2) is 0 Å². The van der Waals surface area contributed by atoms with Crippen molar-refractivity contribution in [1.82, 2.24) is 0 Å². The first-order chi connectivity index (χ1) is 7.33. The van der Waals surface area contributed by atoms with Gasteiger partial charge in [0.05, 0.1) is 0 Å². The van der Waals surface area contributed by atoms with Gasteiger partial charge in [0, 0.05) is 12.3 Å². The van der Waals surface area contributed by atoms with E-state index in [1.807, 2.05) is 0 Å². The van der Waals surface area contributed by atoms with Gasteiger partial charge in [-0.2, -0.15) is 0 Å². The maximum Gasteiger partial charge on any atom is 0.136 e. The summed E-state index contributed by atoms with van der Waals surface area (Å²) < 4.78 is 0. The van der Waals surface area contributed by atoms with Crippen molar-refractivity contribution >= 4 is 5.78 Å². The molecule has 90 valence electrons. The van der Waals surface area contributed by atoms with Crippen molar-refractivity contribution in [3.8, 4) is 0 Å². The van der Waals surface area contributed by atoms with Crippen LogP contribution in [-0.4, -0.2) is 5.78 Å². The molecular weight excluding hydrogens is 196 g/mol. The smallest absolute Gasteiger partial charge is 0.136 e. The highest BCUT2D eigenvalue weighted by molar-refractivity contribution is 5.83. The van der Waals surface area contributed by atoms with Crippen LogP contribution in [0, 0.1) is 34.5 Å². The first-order valence-electron chi connectivity index (χ1n) is 6.86. The van der Waals surface area contributed by atoms with Crippen LogP contribution in [0.4, 0.5) is 0 Å². The summed E-state index contributed by atoms with van der Waals surface area (Å²) in [4.78, 5) is 12.2.